The second kappa shape index (κ2) is 4.49. The van der Waals surface area contributed by atoms with Crippen molar-refractivity contribution in [3.8, 4) is 0 Å². The van der Waals surface area contributed by atoms with Crippen LogP contribution in [0.4, 0.5) is 0 Å². The molecule has 3 nitrogen and oxygen atoms in total. The van der Waals surface area contributed by atoms with Gasteiger partial charge in [-0.05, 0) is 49.4 Å². The molecule has 2 bridgehead atoms. The molecule has 1 spiro atoms. The summed E-state index contributed by atoms with van der Waals surface area (Å²) in [6.07, 6.45) is 7.90. The van der Waals surface area contributed by atoms with E-state index in [4.69, 9.17) is 9.47 Å². The van der Waals surface area contributed by atoms with Gasteiger partial charge in [-0.1, -0.05) is 27.2 Å². The average Bonchev–Trinajstić information content (AvgIpc) is 2.49. The van der Waals surface area contributed by atoms with E-state index in [1.807, 2.05) is 7.11 Å². The fraction of sp³-hybridized carbons (Fsp3) is 1.00. The van der Waals surface area contributed by atoms with Gasteiger partial charge in [0.15, 0.2) is 5.79 Å². The first-order valence-corrected chi connectivity index (χ1v) is 9.20. The van der Waals surface area contributed by atoms with Crippen molar-refractivity contribution in [1.82, 2.24) is 0 Å². The normalized spacial score (nSPS) is 56.3. The van der Waals surface area contributed by atoms with Crippen molar-refractivity contribution in [2.24, 2.45) is 28.1 Å². The number of aliphatic hydroxyl groups excluding tert-OH is 1. The van der Waals surface area contributed by atoms with Gasteiger partial charge in [0.25, 0.3) is 0 Å². The minimum Gasteiger partial charge on any atom is -0.393 e. The Balaban J connectivity index is 1.78. The summed E-state index contributed by atoms with van der Waals surface area (Å²) >= 11 is 0. The van der Waals surface area contributed by atoms with E-state index in [0.29, 0.717) is 11.8 Å². The lowest BCUT2D eigenvalue weighted by molar-refractivity contribution is -0.402. The van der Waals surface area contributed by atoms with Crippen molar-refractivity contribution in [1.29, 1.82) is 0 Å². The molecule has 126 valence electrons. The second-order valence-corrected chi connectivity index (χ2v) is 9.30. The van der Waals surface area contributed by atoms with Crippen molar-refractivity contribution >= 4 is 0 Å². The van der Waals surface area contributed by atoms with Crippen LogP contribution < -0.4 is 0 Å². The van der Waals surface area contributed by atoms with Gasteiger partial charge in [0.05, 0.1) is 12.7 Å². The summed E-state index contributed by atoms with van der Waals surface area (Å²) in [6.45, 7) is 7.90. The molecule has 0 aromatic rings. The molecule has 0 aromatic heterocycles. The highest BCUT2D eigenvalue weighted by atomic mass is 16.7. The number of hydrogen-bond acceptors (Lipinski definition) is 3. The van der Waals surface area contributed by atoms with Gasteiger partial charge >= 0.3 is 0 Å². The predicted molar refractivity (Wildman–Crippen MR) is 85.3 cm³/mol. The van der Waals surface area contributed by atoms with Crippen molar-refractivity contribution in [3.05, 3.63) is 0 Å². The Labute approximate surface area is 134 Å². The van der Waals surface area contributed by atoms with Crippen LogP contribution in [0, 0.1) is 28.1 Å². The highest BCUT2D eigenvalue weighted by Gasteiger charge is 2.71. The molecule has 0 unspecified atom stereocenters. The van der Waals surface area contributed by atoms with Crippen molar-refractivity contribution in [2.75, 3.05) is 13.7 Å². The van der Waals surface area contributed by atoms with Crippen molar-refractivity contribution in [3.63, 3.8) is 0 Å². The maximum atomic E-state index is 10.7. The molecule has 3 heteroatoms. The summed E-state index contributed by atoms with van der Waals surface area (Å²) in [6, 6.07) is 0. The Hall–Kier alpha value is -0.120. The van der Waals surface area contributed by atoms with Gasteiger partial charge in [-0.3, -0.25) is 0 Å². The summed E-state index contributed by atoms with van der Waals surface area (Å²) in [5.74, 6) is 0.878. The smallest absolute Gasteiger partial charge is 0.173 e. The van der Waals surface area contributed by atoms with Crippen LogP contribution in [0.1, 0.15) is 65.7 Å². The number of rotatable bonds is 1. The van der Waals surface area contributed by atoms with Crippen LogP contribution in [-0.2, 0) is 9.47 Å². The van der Waals surface area contributed by atoms with Gasteiger partial charge in [-0.25, -0.2) is 0 Å². The topological polar surface area (TPSA) is 38.7 Å². The standard InChI is InChI=1S/C19H32O3/c1-16(2)13-8-9-17(3)14(6-5-7-15(17)20)18(13)10-11-19(16,21-4)22-12-18/h13-15,20H,5-12H2,1-4H3/t13-,14-,15+,17+,18+,19-/m0/s1. The molecular weight excluding hydrogens is 276 g/mol. The highest BCUT2D eigenvalue weighted by molar-refractivity contribution is 5.17. The van der Waals surface area contributed by atoms with Gasteiger partial charge < -0.3 is 14.6 Å². The summed E-state index contributed by atoms with van der Waals surface area (Å²) in [7, 11) is 1.82. The SMILES string of the molecule is CO[C@@]12CC[C@@]3(CO1)[C@@H](CC[C@@]1(C)[C@H](O)CCC[C@@H]13)C2(C)C. The Morgan fingerprint density at radius 1 is 1.00 bits per heavy atom. The van der Waals surface area contributed by atoms with Crippen LogP contribution in [-0.4, -0.2) is 30.7 Å². The number of hydrogen-bond donors (Lipinski definition) is 1. The lowest BCUT2D eigenvalue weighted by Gasteiger charge is -2.72. The van der Waals surface area contributed by atoms with E-state index < -0.39 is 0 Å². The van der Waals surface area contributed by atoms with E-state index >= 15 is 0 Å². The zero-order valence-electron chi connectivity index (χ0n) is 14.7. The number of methoxy groups -OCH3 is 1. The molecule has 2 aliphatic heterocycles. The molecule has 3 saturated carbocycles. The Kier molecular flexibility index (Phi) is 3.14. The number of aliphatic hydroxyl groups is 1. The van der Waals surface area contributed by atoms with Crippen molar-refractivity contribution in [2.45, 2.75) is 77.6 Å². The average molecular weight is 308 g/mol. The Bertz CT molecular complexity index is 463. The molecule has 0 amide bonds. The Morgan fingerprint density at radius 2 is 1.77 bits per heavy atom. The van der Waals surface area contributed by atoms with Crippen molar-refractivity contribution < 1.29 is 14.6 Å². The first-order chi connectivity index (χ1) is 10.3. The van der Waals surface area contributed by atoms with E-state index in [1.165, 1.54) is 25.7 Å². The fourth-order valence-electron chi connectivity index (χ4n) is 7.30. The molecule has 2 saturated heterocycles. The maximum Gasteiger partial charge on any atom is 0.173 e. The van der Waals surface area contributed by atoms with E-state index in [2.05, 4.69) is 20.8 Å². The molecule has 5 aliphatic rings. The third-order valence-corrected chi connectivity index (χ3v) is 8.56. The third kappa shape index (κ3) is 1.54. The van der Waals surface area contributed by atoms with Crippen LogP contribution in [0.25, 0.3) is 0 Å². The molecule has 3 aliphatic carbocycles. The summed E-state index contributed by atoms with van der Waals surface area (Å²) in [5, 5.41) is 10.7. The number of fused-ring (bicyclic) bond motifs is 3. The van der Waals surface area contributed by atoms with E-state index in [-0.39, 0.29) is 28.1 Å². The van der Waals surface area contributed by atoms with Gasteiger partial charge in [-0.2, -0.15) is 0 Å². The summed E-state index contributed by atoms with van der Waals surface area (Å²) in [5.41, 5.74) is 0.415. The predicted octanol–water partition coefficient (Wildman–Crippen LogP) is 3.74. The minimum absolute atomic E-state index is 0.0575. The maximum absolute atomic E-state index is 10.7. The largest absolute Gasteiger partial charge is 0.393 e. The first-order valence-electron chi connectivity index (χ1n) is 9.20. The molecule has 0 radical (unpaired) electrons. The van der Waals surface area contributed by atoms with Crippen LogP contribution in [0.15, 0.2) is 0 Å². The lowest BCUT2D eigenvalue weighted by atomic mass is 9.38. The molecule has 5 fully saturated rings. The van der Waals surface area contributed by atoms with Gasteiger partial charge in [0.2, 0.25) is 0 Å². The molecule has 5 rings (SSSR count). The highest BCUT2D eigenvalue weighted by Crippen LogP contribution is 2.72. The zero-order valence-corrected chi connectivity index (χ0v) is 14.7. The molecule has 2 heterocycles. The fourth-order valence-corrected chi connectivity index (χ4v) is 7.30. The molecule has 22 heavy (non-hydrogen) atoms. The van der Waals surface area contributed by atoms with Gasteiger partial charge in [-0.15, -0.1) is 0 Å². The summed E-state index contributed by atoms with van der Waals surface area (Å²) in [4.78, 5) is 0. The van der Waals surface area contributed by atoms with E-state index in [9.17, 15) is 5.11 Å². The monoisotopic (exact) mass is 308 g/mol. The van der Waals surface area contributed by atoms with E-state index in [0.717, 1.165) is 25.9 Å². The molecular formula is C19H32O3. The van der Waals surface area contributed by atoms with Gasteiger partial charge in [0.1, 0.15) is 0 Å². The quantitative estimate of drug-likeness (QED) is 0.802. The van der Waals surface area contributed by atoms with E-state index in [1.54, 1.807) is 0 Å². The second-order valence-electron chi connectivity index (χ2n) is 9.30. The van der Waals surface area contributed by atoms with Crippen LogP contribution in [0.3, 0.4) is 0 Å². The zero-order chi connectivity index (χ0) is 15.8. The lowest BCUT2D eigenvalue weighted by Crippen LogP contribution is -2.72. The van der Waals surface area contributed by atoms with Crippen LogP contribution >= 0.6 is 0 Å². The Morgan fingerprint density at radius 3 is 2.41 bits per heavy atom. The van der Waals surface area contributed by atoms with Crippen LogP contribution in [0.2, 0.25) is 0 Å². The third-order valence-electron chi connectivity index (χ3n) is 8.56. The number of ether oxygens (including phenoxy) is 2. The molecule has 1 N–H and O–H groups in total. The van der Waals surface area contributed by atoms with Crippen LogP contribution in [0.5, 0.6) is 0 Å². The van der Waals surface area contributed by atoms with Gasteiger partial charge in [0, 0.05) is 24.4 Å². The molecule has 6 atom stereocenters. The first kappa shape index (κ1) is 15.4. The minimum atomic E-state index is -0.388. The molecule has 0 aromatic carbocycles. The summed E-state index contributed by atoms with van der Waals surface area (Å²) < 4.78 is 12.4.